The van der Waals surface area contributed by atoms with Gasteiger partial charge in [-0.2, -0.15) is 0 Å². The van der Waals surface area contributed by atoms with Gasteiger partial charge in [-0.25, -0.2) is 4.39 Å². The maximum absolute atomic E-state index is 12.7. The highest BCUT2D eigenvalue weighted by molar-refractivity contribution is 5.36. The fourth-order valence-corrected chi connectivity index (χ4v) is 2.09. The standard InChI is InChI=1S/C13H14FNO/c14-11-3-1-10(2-4-11)9-16-12-7-13(5-6-13)15-8-12/h1-6,12,15H,7-9H2. The van der Waals surface area contributed by atoms with Gasteiger partial charge >= 0.3 is 0 Å². The molecule has 1 spiro atoms. The molecule has 84 valence electrons. The molecule has 1 aliphatic heterocycles. The monoisotopic (exact) mass is 219 g/mol. The molecule has 3 rings (SSSR count). The number of hydrogen-bond donors (Lipinski definition) is 1. The van der Waals surface area contributed by atoms with Crippen molar-refractivity contribution in [2.45, 2.75) is 24.7 Å². The van der Waals surface area contributed by atoms with Crippen LogP contribution in [0.4, 0.5) is 4.39 Å². The molecule has 1 aromatic carbocycles. The molecule has 3 heteroatoms. The van der Waals surface area contributed by atoms with Crippen LogP contribution in [0, 0.1) is 5.82 Å². The summed E-state index contributed by atoms with van der Waals surface area (Å²) >= 11 is 0. The van der Waals surface area contributed by atoms with Crippen molar-refractivity contribution < 1.29 is 9.13 Å². The van der Waals surface area contributed by atoms with E-state index in [0.717, 1.165) is 18.5 Å². The molecule has 1 aromatic rings. The molecule has 0 radical (unpaired) electrons. The van der Waals surface area contributed by atoms with Crippen molar-refractivity contribution in [1.82, 2.24) is 5.32 Å². The summed E-state index contributed by atoms with van der Waals surface area (Å²) in [4.78, 5) is 0. The SMILES string of the molecule is Fc1ccc(COC2CNC3(C=C3)C2)cc1. The van der Waals surface area contributed by atoms with Crippen LogP contribution in [-0.4, -0.2) is 18.2 Å². The predicted molar refractivity (Wildman–Crippen MR) is 59.5 cm³/mol. The van der Waals surface area contributed by atoms with E-state index in [0.29, 0.717) is 6.61 Å². The van der Waals surface area contributed by atoms with Crippen LogP contribution in [0.2, 0.25) is 0 Å². The quantitative estimate of drug-likeness (QED) is 0.785. The van der Waals surface area contributed by atoms with Crippen molar-refractivity contribution in [2.75, 3.05) is 6.54 Å². The summed E-state index contributed by atoms with van der Waals surface area (Å²) in [7, 11) is 0. The van der Waals surface area contributed by atoms with Crippen LogP contribution in [0.3, 0.4) is 0 Å². The lowest BCUT2D eigenvalue weighted by Gasteiger charge is -2.11. The number of ether oxygens (including phenoxy) is 1. The number of nitrogens with one attached hydrogen (secondary N) is 1. The Labute approximate surface area is 94.1 Å². The summed E-state index contributed by atoms with van der Waals surface area (Å²) < 4.78 is 18.5. The van der Waals surface area contributed by atoms with Gasteiger partial charge in [-0.3, -0.25) is 0 Å². The molecule has 1 N–H and O–H groups in total. The first-order valence-electron chi connectivity index (χ1n) is 5.57. The number of rotatable bonds is 3. The highest BCUT2D eigenvalue weighted by Gasteiger charge is 2.41. The van der Waals surface area contributed by atoms with Gasteiger partial charge in [-0.15, -0.1) is 0 Å². The fourth-order valence-electron chi connectivity index (χ4n) is 2.09. The highest BCUT2D eigenvalue weighted by atomic mass is 19.1. The van der Waals surface area contributed by atoms with E-state index in [4.69, 9.17) is 4.74 Å². The van der Waals surface area contributed by atoms with Crippen LogP contribution >= 0.6 is 0 Å². The third kappa shape index (κ3) is 2.01. The predicted octanol–water partition coefficient (Wildman–Crippen LogP) is 2.01. The zero-order chi connectivity index (χ0) is 11.0. The zero-order valence-corrected chi connectivity index (χ0v) is 8.95. The van der Waals surface area contributed by atoms with E-state index in [1.54, 1.807) is 12.1 Å². The van der Waals surface area contributed by atoms with Crippen molar-refractivity contribution in [3.05, 3.63) is 47.8 Å². The second-order valence-electron chi connectivity index (χ2n) is 4.52. The van der Waals surface area contributed by atoms with E-state index in [2.05, 4.69) is 17.5 Å². The highest BCUT2D eigenvalue weighted by Crippen LogP contribution is 2.34. The summed E-state index contributed by atoms with van der Waals surface area (Å²) in [5.74, 6) is -0.201. The van der Waals surface area contributed by atoms with Gasteiger partial charge in [0.2, 0.25) is 0 Å². The smallest absolute Gasteiger partial charge is 0.123 e. The van der Waals surface area contributed by atoms with E-state index >= 15 is 0 Å². The third-order valence-electron chi connectivity index (χ3n) is 3.19. The molecule has 2 aliphatic rings. The molecule has 1 aliphatic carbocycles. The average molecular weight is 219 g/mol. The molecule has 0 bridgehead atoms. The largest absolute Gasteiger partial charge is 0.372 e. The van der Waals surface area contributed by atoms with Gasteiger partial charge in [0.1, 0.15) is 5.82 Å². The van der Waals surface area contributed by atoms with E-state index < -0.39 is 0 Å². The number of halogens is 1. The zero-order valence-electron chi connectivity index (χ0n) is 8.95. The summed E-state index contributed by atoms with van der Waals surface area (Å²) in [6.45, 7) is 1.46. The normalized spacial score (nSPS) is 25.2. The molecule has 0 amide bonds. The Kier molecular flexibility index (Phi) is 2.30. The minimum absolute atomic E-state index is 0.174. The van der Waals surface area contributed by atoms with Crippen LogP contribution in [0.5, 0.6) is 0 Å². The lowest BCUT2D eigenvalue weighted by molar-refractivity contribution is 0.0525. The summed E-state index contributed by atoms with van der Waals surface area (Å²) in [6.07, 6.45) is 5.64. The molecule has 1 saturated heterocycles. The Hall–Kier alpha value is -1.19. The van der Waals surface area contributed by atoms with Crippen LogP contribution in [0.25, 0.3) is 0 Å². The molecule has 1 atom stereocenters. The van der Waals surface area contributed by atoms with E-state index in [1.807, 2.05) is 0 Å². The van der Waals surface area contributed by atoms with Crippen molar-refractivity contribution in [3.8, 4) is 0 Å². The van der Waals surface area contributed by atoms with Crippen LogP contribution < -0.4 is 5.32 Å². The first-order chi connectivity index (χ1) is 7.76. The molecule has 0 aromatic heterocycles. The molecule has 2 nitrogen and oxygen atoms in total. The maximum atomic E-state index is 12.7. The van der Waals surface area contributed by atoms with Gasteiger partial charge in [-0.05, 0) is 17.7 Å². The Morgan fingerprint density at radius 3 is 2.69 bits per heavy atom. The molecule has 1 heterocycles. The number of benzene rings is 1. The summed E-state index contributed by atoms with van der Waals surface area (Å²) in [5.41, 5.74) is 1.19. The van der Waals surface area contributed by atoms with Gasteiger partial charge in [0.25, 0.3) is 0 Å². The van der Waals surface area contributed by atoms with Gasteiger partial charge < -0.3 is 10.1 Å². The fraction of sp³-hybridized carbons (Fsp3) is 0.385. The molecule has 1 unspecified atom stereocenters. The minimum atomic E-state index is -0.201. The Morgan fingerprint density at radius 2 is 2.06 bits per heavy atom. The average Bonchev–Trinajstić information content (AvgIpc) is 2.91. The van der Waals surface area contributed by atoms with Gasteiger partial charge in [0.15, 0.2) is 0 Å². The van der Waals surface area contributed by atoms with E-state index in [9.17, 15) is 4.39 Å². The Balaban J connectivity index is 1.51. The lowest BCUT2D eigenvalue weighted by atomic mass is 10.1. The third-order valence-corrected chi connectivity index (χ3v) is 3.19. The van der Waals surface area contributed by atoms with Crippen molar-refractivity contribution in [2.24, 2.45) is 0 Å². The second kappa shape index (κ2) is 3.68. The lowest BCUT2D eigenvalue weighted by Crippen LogP contribution is -2.24. The van der Waals surface area contributed by atoms with Crippen LogP contribution in [0.1, 0.15) is 12.0 Å². The van der Waals surface area contributed by atoms with Crippen LogP contribution in [-0.2, 0) is 11.3 Å². The topological polar surface area (TPSA) is 21.3 Å². The Morgan fingerprint density at radius 1 is 1.31 bits per heavy atom. The van der Waals surface area contributed by atoms with Crippen molar-refractivity contribution in [3.63, 3.8) is 0 Å². The molecular formula is C13H14FNO. The van der Waals surface area contributed by atoms with Gasteiger partial charge in [0.05, 0.1) is 18.2 Å². The molecular weight excluding hydrogens is 205 g/mol. The molecule has 0 saturated carbocycles. The van der Waals surface area contributed by atoms with E-state index in [1.165, 1.54) is 12.1 Å². The summed E-state index contributed by atoms with van der Waals surface area (Å²) in [5, 5.41) is 3.41. The molecule has 16 heavy (non-hydrogen) atoms. The second-order valence-corrected chi connectivity index (χ2v) is 4.52. The van der Waals surface area contributed by atoms with Crippen LogP contribution in [0.15, 0.2) is 36.4 Å². The van der Waals surface area contributed by atoms with Gasteiger partial charge in [-0.1, -0.05) is 24.3 Å². The first-order valence-corrected chi connectivity index (χ1v) is 5.57. The maximum Gasteiger partial charge on any atom is 0.123 e. The van der Waals surface area contributed by atoms with E-state index in [-0.39, 0.29) is 17.5 Å². The van der Waals surface area contributed by atoms with Gasteiger partial charge in [0, 0.05) is 13.0 Å². The van der Waals surface area contributed by atoms with Crippen molar-refractivity contribution >= 4 is 0 Å². The number of hydrogen-bond acceptors (Lipinski definition) is 2. The Bertz CT molecular complexity index is 406. The van der Waals surface area contributed by atoms with Crippen molar-refractivity contribution in [1.29, 1.82) is 0 Å². The first kappa shape index (κ1) is 10.00. The minimum Gasteiger partial charge on any atom is -0.372 e. The summed E-state index contributed by atoms with van der Waals surface area (Å²) in [6, 6.07) is 6.47. The molecule has 1 fully saturated rings.